The van der Waals surface area contributed by atoms with E-state index in [1.807, 2.05) is 0 Å². The number of nitrogens with one attached hydrogen (secondary N) is 10. The van der Waals surface area contributed by atoms with E-state index in [0.717, 1.165) is 0 Å². The van der Waals surface area contributed by atoms with Crippen LogP contribution in [-0.2, 0) is 70.5 Å². The van der Waals surface area contributed by atoms with Gasteiger partial charge in [0, 0.05) is 76.6 Å². The van der Waals surface area contributed by atoms with Gasteiger partial charge in [-0.3, -0.25) is 52.7 Å². The van der Waals surface area contributed by atoms with Gasteiger partial charge in [-0.1, -0.05) is 24.3 Å². The highest BCUT2D eigenvalue weighted by Crippen LogP contribution is 2.13. The SMILES string of the molecule is O=CNCc1ccc(CC(=O)N[C@@H](CCC(=O)NC[C@H](O)[C@@H](O)[C@H](O)[C@H](O)CO)C(=O)N[C@H](CCC(=O)O)C(=O)N[C@@H](CCC(=O)NC[C@H](O)[C@@H](O)[C@H](O)[C@H](O)CO)C(=O)N[C@H](CCC(=O)O)CN[C@@H](CCC(=O)NC[C@H](O)[C@@H](O)[C@H](O)[C@H](O)CO)C(=O)N[C@H](CS)C(=O)O)cc1. The molecule has 28 N–H and O–H groups in total. The molecule has 0 saturated heterocycles. The second kappa shape index (κ2) is 46.7. The van der Waals surface area contributed by atoms with Gasteiger partial charge >= 0.3 is 17.9 Å². The quantitative estimate of drug-likeness (QED) is 0.0213. The second-order valence-corrected chi connectivity index (χ2v) is 22.6. The summed E-state index contributed by atoms with van der Waals surface area (Å²) in [6, 6.07) is -4.38. The number of aliphatic hydroxyl groups is 15. The van der Waals surface area contributed by atoms with Crippen LogP contribution in [0.1, 0.15) is 75.3 Å². The molecular weight excluding hydrogens is 1320 g/mol. The Morgan fingerprint density at radius 2 is 0.722 bits per heavy atom. The molecule has 9 amide bonds. The van der Waals surface area contributed by atoms with Crippen LogP contribution >= 0.6 is 12.6 Å². The third-order valence-corrected chi connectivity index (χ3v) is 15.0. The van der Waals surface area contributed by atoms with Gasteiger partial charge in [0.2, 0.25) is 53.7 Å². The van der Waals surface area contributed by atoms with Crippen LogP contribution in [0.3, 0.4) is 0 Å². The molecule has 0 aromatic heterocycles. The van der Waals surface area contributed by atoms with Crippen LogP contribution in [0.4, 0.5) is 0 Å². The highest BCUT2D eigenvalue weighted by atomic mass is 32.1. The van der Waals surface area contributed by atoms with Gasteiger partial charge in [-0.2, -0.15) is 12.6 Å². The van der Waals surface area contributed by atoms with Crippen molar-refractivity contribution < 1.29 is 149 Å². The van der Waals surface area contributed by atoms with Crippen molar-refractivity contribution in [2.24, 2.45) is 0 Å². The predicted molar refractivity (Wildman–Crippen MR) is 330 cm³/mol. The molecule has 0 fully saturated rings. The summed E-state index contributed by atoms with van der Waals surface area (Å²) in [5.41, 5.74) is 0.974. The summed E-state index contributed by atoms with van der Waals surface area (Å²) in [6.07, 6.45) is -31.3. The molecule has 0 radical (unpaired) electrons. The molecular formula is C56H92N10O30S. The van der Waals surface area contributed by atoms with E-state index in [9.17, 15) is 134 Å². The molecule has 0 saturated carbocycles. The first-order valence-electron chi connectivity index (χ1n) is 30.2. The minimum atomic E-state index is -2.16. The molecule has 0 spiro atoms. The zero-order valence-corrected chi connectivity index (χ0v) is 53.2. The molecule has 1 rings (SSSR count). The van der Waals surface area contributed by atoms with Crippen molar-refractivity contribution in [1.29, 1.82) is 0 Å². The standard InChI is InChI=1S/C56H92N10O30S/c67-21-37(74)49(88)46(85)34(71)18-59-40(77)10-6-29(52(91)66-33(24-97)56(95)96)58-17-28(5-13-44(81)82)62-53(92)31(8-12-42(79)61-20-36(73)48(87)51(90)39(76)23-69)64-55(94)32(9-14-45(83)84)65-54(93)30(63-43(80)15-26-1-3-27(4-2-26)16-57-25-70)7-11-41(78)60-19-35(72)47(86)50(89)38(75)22-68/h1-4,25,28-39,46-51,58,67-69,71-76,85-90,97H,5-24H2,(H,57,70)(H,59,77)(H,60,78)(H,61,79)(H,62,92)(H,63,80)(H,64,94)(H,65,93)(H,66,91)(H,81,82)(H,83,84)(H,95,96)/t28-,29+,30+,31+,32-,33-,34+,35+,36+,37-,38-,39-,46-,47-,48-,49-,50-,51-/m1/s1. The third kappa shape index (κ3) is 34.1. The maximum Gasteiger partial charge on any atom is 0.327 e. The van der Waals surface area contributed by atoms with Gasteiger partial charge < -0.3 is 145 Å². The minimum absolute atomic E-state index is 0.123. The summed E-state index contributed by atoms with van der Waals surface area (Å²) < 4.78 is 0. The Morgan fingerprint density at radius 3 is 1.09 bits per heavy atom. The number of carboxylic acid groups (broad SMARTS) is 3. The largest absolute Gasteiger partial charge is 0.481 e. The number of benzene rings is 1. The zero-order chi connectivity index (χ0) is 73.6. The molecule has 41 heteroatoms. The smallest absolute Gasteiger partial charge is 0.327 e. The monoisotopic (exact) mass is 1420 g/mol. The number of aliphatic hydroxyl groups excluding tert-OH is 15. The lowest BCUT2D eigenvalue weighted by atomic mass is 10.0. The topological polar surface area (TPSA) is 689 Å². The molecule has 0 unspecified atom stereocenters. The summed E-state index contributed by atoms with van der Waals surface area (Å²) >= 11 is 3.92. The number of carbonyl (C=O) groups is 12. The highest BCUT2D eigenvalue weighted by Gasteiger charge is 2.36. The van der Waals surface area contributed by atoms with Crippen LogP contribution in [0.15, 0.2) is 24.3 Å². The number of carboxylic acids is 3. The van der Waals surface area contributed by atoms with Gasteiger partial charge in [0.1, 0.15) is 79.1 Å². The summed E-state index contributed by atoms with van der Waals surface area (Å²) in [5, 5.41) is 200. The van der Waals surface area contributed by atoms with E-state index < -0.39 is 297 Å². The fraction of sp³-hybridized carbons (Fsp3) is 0.679. The van der Waals surface area contributed by atoms with Crippen LogP contribution in [0.5, 0.6) is 0 Å². The maximum absolute atomic E-state index is 14.5. The lowest BCUT2D eigenvalue weighted by Crippen LogP contribution is -2.58. The average Bonchev–Trinajstić information content (AvgIpc) is 0.899. The number of rotatable bonds is 52. The number of aliphatic carboxylic acids is 3. The molecule has 1 aromatic carbocycles. The normalized spacial score (nSPS) is 17.0. The van der Waals surface area contributed by atoms with Crippen molar-refractivity contribution in [3.05, 3.63) is 35.4 Å². The fourth-order valence-electron chi connectivity index (χ4n) is 8.68. The Morgan fingerprint density at radius 1 is 0.392 bits per heavy atom. The van der Waals surface area contributed by atoms with Crippen molar-refractivity contribution in [3.63, 3.8) is 0 Å². The number of carbonyl (C=O) groups excluding carboxylic acids is 9. The molecule has 0 bridgehead atoms. The molecule has 0 heterocycles. The molecule has 1 aromatic rings. The number of thiol groups is 1. The Hall–Kier alpha value is -7.43. The van der Waals surface area contributed by atoms with Crippen LogP contribution in [0, 0.1) is 0 Å². The first-order valence-corrected chi connectivity index (χ1v) is 30.8. The minimum Gasteiger partial charge on any atom is -0.481 e. The Bertz CT molecular complexity index is 2660. The van der Waals surface area contributed by atoms with Gasteiger partial charge in [0.05, 0.1) is 50.6 Å². The van der Waals surface area contributed by atoms with Crippen LogP contribution < -0.4 is 53.2 Å². The van der Waals surface area contributed by atoms with Gasteiger partial charge in [-0.25, -0.2) is 4.79 Å². The third-order valence-electron chi connectivity index (χ3n) is 14.6. The van der Waals surface area contributed by atoms with Crippen LogP contribution in [0.2, 0.25) is 0 Å². The van der Waals surface area contributed by atoms with E-state index in [4.69, 9.17) is 15.3 Å². The molecule has 552 valence electrons. The van der Waals surface area contributed by atoms with Gasteiger partial charge in [-0.05, 0) is 43.2 Å². The fourth-order valence-corrected chi connectivity index (χ4v) is 8.92. The molecule has 0 aliphatic heterocycles. The lowest BCUT2D eigenvalue weighted by Gasteiger charge is -2.28. The molecule has 0 aliphatic carbocycles. The first-order chi connectivity index (χ1) is 45.6. The first kappa shape index (κ1) is 87.6. The molecule has 0 aliphatic rings. The molecule has 18 atom stereocenters. The summed E-state index contributed by atoms with van der Waals surface area (Å²) in [5.74, 6) is -13.9. The van der Waals surface area contributed by atoms with Crippen molar-refractivity contribution >= 4 is 84.2 Å². The van der Waals surface area contributed by atoms with E-state index in [1.54, 1.807) is 12.1 Å². The highest BCUT2D eigenvalue weighted by molar-refractivity contribution is 7.80. The van der Waals surface area contributed by atoms with Crippen molar-refractivity contribution in [3.8, 4) is 0 Å². The Kier molecular flexibility index (Phi) is 42.2. The zero-order valence-electron chi connectivity index (χ0n) is 52.3. The van der Waals surface area contributed by atoms with Crippen molar-refractivity contribution in [2.75, 3.05) is 51.8 Å². The molecule has 97 heavy (non-hydrogen) atoms. The molecule has 40 nitrogen and oxygen atoms in total. The summed E-state index contributed by atoms with van der Waals surface area (Å²) in [4.78, 5) is 156. The second-order valence-electron chi connectivity index (χ2n) is 22.3. The number of hydrogen-bond acceptors (Lipinski definition) is 29. The lowest BCUT2D eigenvalue weighted by molar-refractivity contribution is -0.141. The van der Waals surface area contributed by atoms with Gasteiger partial charge in [0.25, 0.3) is 0 Å². The van der Waals surface area contributed by atoms with Crippen molar-refractivity contribution in [2.45, 2.75) is 187 Å². The van der Waals surface area contributed by atoms with E-state index in [0.29, 0.717) is 17.5 Å². The van der Waals surface area contributed by atoms with Crippen molar-refractivity contribution in [1.82, 2.24) is 53.2 Å². The number of amides is 9. The average molecular weight is 1420 g/mol. The van der Waals surface area contributed by atoms with Gasteiger partial charge in [-0.15, -0.1) is 0 Å². The van der Waals surface area contributed by atoms with E-state index >= 15 is 0 Å². The van der Waals surface area contributed by atoms with Crippen LogP contribution in [0.25, 0.3) is 0 Å². The predicted octanol–water partition coefficient (Wildman–Crippen LogP) is -13.4. The number of hydrogen-bond donors (Lipinski definition) is 29. The summed E-state index contributed by atoms with van der Waals surface area (Å²) in [6.45, 7) is -6.01. The maximum atomic E-state index is 14.5. The Balaban J connectivity index is 3.83. The summed E-state index contributed by atoms with van der Waals surface area (Å²) in [7, 11) is 0. The van der Waals surface area contributed by atoms with Crippen LogP contribution in [-0.4, -0.2) is 325 Å². The van der Waals surface area contributed by atoms with E-state index in [1.165, 1.54) is 12.1 Å². The van der Waals surface area contributed by atoms with E-state index in [2.05, 4.69) is 65.8 Å². The van der Waals surface area contributed by atoms with Gasteiger partial charge in [0.15, 0.2) is 0 Å². The van der Waals surface area contributed by atoms with E-state index in [-0.39, 0.29) is 6.54 Å². The Labute approximate surface area is 559 Å².